The van der Waals surface area contributed by atoms with Gasteiger partial charge in [-0.1, -0.05) is 11.6 Å². The van der Waals surface area contributed by atoms with Crippen molar-refractivity contribution in [3.05, 3.63) is 29.3 Å². The highest BCUT2D eigenvalue weighted by atomic mass is 35.5. The van der Waals surface area contributed by atoms with Gasteiger partial charge in [-0.3, -0.25) is 9.59 Å². The van der Waals surface area contributed by atoms with Crippen LogP contribution in [-0.4, -0.2) is 43.9 Å². The molecule has 120 valence electrons. The monoisotopic (exact) mass is 323 g/mol. The van der Waals surface area contributed by atoms with Crippen molar-refractivity contribution >= 4 is 29.1 Å². The Morgan fingerprint density at radius 1 is 1.18 bits per heavy atom. The second-order valence-electron chi connectivity index (χ2n) is 5.89. The summed E-state index contributed by atoms with van der Waals surface area (Å²) in [6, 6.07) is 6.94. The van der Waals surface area contributed by atoms with Crippen molar-refractivity contribution < 1.29 is 9.59 Å². The number of amides is 2. The molecule has 5 nitrogen and oxygen atoms in total. The lowest BCUT2D eigenvalue weighted by atomic mass is 10.2. The number of carbonyl (C=O) groups excluding carboxylic acids is 2. The summed E-state index contributed by atoms with van der Waals surface area (Å²) in [5.74, 6) is -0.526. The van der Waals surface area contributed by atoms with Gasteiger partial charge in [-0.25, -0.2) is 0 Å². The first-order chi connectivity index (χ1) is 10.5. The topological polar surface area (TPSA) is 61.4 Å². The van der Waals surface area contributed by atoms with E-state index in [0.29, 0.717) is 23.7 Å². The van der Waals surface area contributed by atoms with Gasteiger partial charge in [0.15, 0.2) is 0 Å². The second kappa shape index (κ2) is 7.61. The van der Waals surface area contributed by atoms with Gasteiger partial charge >= 0.3 is 0 Å². The fourth-order valence-electron chi connectivity index (χ4n) is 2.28. The molecule has 1 aliphatic rings. The first-order valence-electron chi connectivity index (χ1n) is 7.46. The molecule has 0 saturated heterocycles. The third-order valence-corrected chi connectivity index (χ3v) is 3.91. The van der Waals surface area contributed by atoms with Gasteiger partial charge in [0.2, 0.25) is 11.8 Å². The highest BCUT2D eigenvalue weighted by molar-refractivity contribution is 6.30. The first-order valence-corrected chi connectivity index (χ1v) is 7.84. The van der Waals surface area contributed by atoms with Gasteiger partial charge in [-0.15, -0.1) is 0 Å². The summed E-state index contributed by atoms with van der Waals surface area (Å²) in [6.45, 7) is 1.59. The maximum absolute atomic E-state index is 12.1. The van der Waals surface area contributed by atoms with E-state index in [1.165, 1.54) is 0 Å². The van der Waals surface area contributed by atoms with Crippen molar-refractivity contribution in [2.24, 2.45) is 11.8 Å². The van der Waals surface area contributed by atoms with Gasteiger partial charge in [0.1, 0.15) is 0 Å². The van der Waals surface area contributed by atoms with Gasteiger partial charge < -0.3 is 15.5 Å². The largest absolute Gasteiger partial charge is 0.356 e. The van der Waals surface area contributed by atoms with Crippen molar-refractivity contribution in [3.63, 3.8) is 0 Å². The highest BCUT2D eigenvalue weighted by Crippen LogP contribution is 2.39. The molecule has 2 rings (SSSR count). The van der Waals surface area contributed by atoms with Crippen LogP contribution in [-0.2, 0) is 9.59 Å². The van der Waals surface area contributed by atoms with Crippen LogP contribution in [0.2, 0.25) is 5.02 Å². The summed E-state index contributed by atoms with van der Waals surface area (Å²) < 4.78 is 0. The molecule has 6 heteroatoms. The highest BCUT2D eigenvalue weighted by Gasteiger charge is 2.47. The van der Waals surface area contributed by atoms with Crippen LogP contribution in [0.1, 0.15) is 12.8 Å². The number of carbonyl (C=O) groups is 2. The van der Waals surface area contributed by atoms with Crippen LogP contribution in [0.5, 0.6) is 0 Å². The zero-order valence-corrected chi connectivity index (χ0v) is 13.7. The molecule has 2 unspecified atom stereocenters. The van der Waals surface area contributed by atoms with E-state index in [1.807, 2.05) is 14.1 Å². The number of hydrogen-bond acceptors (Lipinski definition) is 3. The SMILES string of the molecule is CN(C)CCCNC(=O)C1CC1C(=O)Nc1ccc(Cl)cc1. The average molecular weight is 324 g/mol. The van der Waals surface area contributed by atoms with Gasteiger partial charge in [0.05, 0.1) is 11.8 Å². The van der Waals surface area contributed by atoms with Crippen LogP contribution in [0, 0.1) is 11.8 Å². The lowest BCUT2D eigenvalue weighted by Crippen LogP contribution is -2.30. The summed E-state index contributed by atoms with van der Waals surface area (Å²) in [4.78, 5) is 26.1. The average Bonchev–Trinajstić information content (AvgIpc) is 3.26. The Morgan fingerprint density at radius 2 is 1.82 bits per heavy atom. The number of rotatable bonds is 7. The number of nitrogens with one attached hydrogen (secondary N) is 2. The molecule has 2 amide bonds. The number of nitrogens with zero attached hydrogens (tertiary/aromatic N) is 1. The van der Waals surface area contributed by atoms with Gasteiger partial charge in [-0.2, -0.15) is 0 Å². The van der Waals surface area contributed by atoms with E-state index in [0.717, 1.165) is 13.0 Å². The van der Waals surface area contributed by atoms with E-state index >= 15 is 0 Å². The van der Waals surface area contributed by atoms with Crippen LogP contribution in [0.3, 0.4) is 0 Å². The van der Waals surface area contributed by atoms with Crippen molar-refractivity contribution in [3.8, 4) is 0 Å². The van der Waals surface area contributed by atoms with E-state index in [2.05, 4.69) is 15.5 Å². The minimum Gasteiger partial charge on any atom is -0.356 e. The predicted molar refractivity (Wildman–Crippen MR) is 87.9 cm³/mol. The van der Waals surface area contributed by atoms with Gasteiger partial charge in [0, 0.05) is 17.3 Å². The Bertz CT molecular complexity index is 531. The fourth-order valence-corrected chi connectivity index (χ4v) is 2.41. The van der Waals surface area contributed by atoms with Crippen LogP contribution in [0.15, 0.2) is 24.3 Å². The Balaban J connectivity index is 1.71. The van der Waals surface area contributed by atoms with E-state index in [9.17, 15) is 9.59 Å². The van der Waals surface area contributed by atoms with Crippen LogP contribution in [0.4, 0.5) is 5.69 Å². The fraction of sp³-hybridized carbons (Fsp3) is 0.500. The van der Waals surface area contributed by atoms with Crippen LogP contribution >= 0.6 is 11.6 Å². The Labute approximate surface area is 136 Å². The lowest BCUT2D eigenvalue weighted by Gasteiger charge is -2.10. The number of anilines is 1. The quantitative estimate of drug-likeness (QED) is 0.754. The molecule has 1 saturated carbocycles. The molecule has 1 aromatic rings. The van der Waals surface area contributed by atoms with Gasteiger partial charge in [0.25, 0.3) is 0 Å². The van der Waals surface area contributed by atoms with E-state index in [4.69, 9.17) is 11.6 Å². The van der Waals surface area contributed by atoms with Crippen molar-refractivity contribution in [1.29, 1.82) is 0 Å². The summed E-state index contributed by atoms with van der Waals surface area (Å²) in [5, 5.41) is 6.33. The van der Waals surface area contributed by atoms with Gasteiger partial charge in [-0.05, 0) is 57.7 Å². The molecule has 2 N–H and O–H groups in total. The maximum Gasteiger partial charge on any atom is 0.228 e. The molecule has 1 fully saturated rings. The summed E-state index contributed by atoms with van der Waals surface area (Å²) in [6.07, 6.45) is 1.53. The lowest BCUT2D eigenvalue weighted by molar-refractivity contribution is -0.125. The van der Waals surface area contributed by atoms with Crippen LogP contribution < -0.4 is 10.6 Å². The molecule has 2 atom stereocenters. The first kappa shape index (κ1) is 16.8. The normalized spacial score (nSPS) is 19.8. The molecule has 0 radical (unpaired) electrons. The number of halogens is 1. The summed E-state index contributed by atoms with van der Waals surface area (Å²) in [7, 11) is 4.00. The molecule has 22 heavy (non-hydrogen) atoms. The number of hydrogen-bond donors (Lipinski definition) is 2. The minimum absolute atomic E-state index is 0.0185. The summed E-state index contributed by atoms with van der Waals surface area (Å²) >= 11 is 5.80. The van der Waals surface area contributed by atoms with Crippen LogP contribution in [0.25, 0.3) is 0 Å². The Morgan fingerprint density at radius 3 is 2.45 bits per heavy atom. The summed E-state index contributed by atoms with van der Waals surface area (Å²) in [5.41, 5.74) is 0.700. The molecule has 0 aromatic heterocycles. The zero-order chi connectivity index (χ0) is 16.1. The zero-order valence-electron chi connectivity index (χ0n) is 12.9. The predicted octanol–water partition coefficient (Wildman–Crippen LogP) is 1.98. The second-order valence-corrected chi connectivity index (χ2v) is 6.33. The molecule has 1 aromatic carbocycles. The molecular weight excluding hydrogens is 302 g/mol. The molecule has 0 spiro atoms. The Kier molecular flexibility index (Phi) is 5.80. The van der Waals surface area contributed by atoms with Crippen molar-refractivity contribution in [2.45, 2.75) is 12.8 Å². The molecule has 0 heterocycles. The van der Waals surface area contributed by atoms with E-state index in [-0.39, 0.29) is 23.7 Å². The van der Waals surface area contributed by atoms with Crippen molar-refractivity contribution in [2.75, 3.05) is 32.5 Å². The minimum atomic E-state index is -0.218. The molecule has 0 bridgehead atoms. The van der Waals surface area contributed by atoms with E-state index < -0.39 is 0 Å². The molecular formula is C16H22ClN3O2. The maximum atomic E-state index is 12.1. The Hall–Kier alpha value is -1.59. The third kappa shape index (κ3) is 5.00. The molecule has 1 aliphatic carbocycles. The molecule has 0 aliphatic heterocycles. The van der Waals surface area contributed by atoms with E-state index in [1.54, 1.807) is 24.3 Å². The number of benzene rings is 1. The van der Waals surface area contributed by atoms with Crippen molar-refractivity contribution in [1.82, 2.24) is 10.2 Å². The standard InChI is InChI=1S/C16H22ClN3O2/c1-20(2)9-3-8-18-15(21)13-10-14(13)16(22)19-12-6-4-11(17)5-7-12/h4-7,13-14H,3,8-10H2,1-2H3,(H,18,21)(H,19,22). The smallest absolute Gasteiger partial charge is 0.228 e. The third-order valence-electron chi connectivity index (χ3n) is 3.66.